The maximum Gasteiger partial charge on any atom is 0.0779 e. The zero-order valence-corrected chi connectivity index (χ0v) is 8.68. The largest absolute Gasteiger partial charge is 0.374 e. The highest BCUT2D eigenvalue weighted by molar-refractivity contribution is 5.07. The van der Waals surface area contributed by atoms with E-state index in [-0.39, 0.29) is 5.60 Å². The van der Waals surface area contributed by atoms with E-state index in [1.807, 2.05) is 12.4 Å². The first-order chi connectivity index (χ1) is 6.79. The van der Waals surface area contributed by atoms with Crippen LogP contribution < -0.4 is 5.32 Å². The second-order valence-corrected chi connectivity index (χ2v) is 4.22. The Hall–Kier alpha value is -0.800. The van der Waals surface area contributed by atoms with Crippen LogP contribution in [0.5, 0.6) is 0 Å². The van der Waals surface area contributed by atoms with Crippen LogP contribution in [-0.4, -0.2) is 23.7 Å². The number of aromatic nitrogens is 1. The fourth-order valence-corrected chi connectivity index (χ4v) is 1.92. The van der Waals surface area contributed by atoms with Crippen LogP contribution in [0.4, 0.5) is 0 Å². The molecule has 2 rings (SSSR count). The van der Waals surface area contributed by atoms with Crippen LogP contribution in [-0.2, 0) is 11.3 Å². The van der Waals surface area contributed by atoms with Gasteiger partial charge in [-0.15, -0.1) is 0 Å². The van der Waals surface area contributed by atoms with E-state index in [4.69, 9.17) is 4.74 Å². The van der Waals surface area contributed by atoms with E-state index >= 15 is 0 Å². The minimum absolute atomic E-state index is 0.0658. The maximum atomic E-state index is 5.69. The summed E-state index contributed by atoms with van der Waals surface area (Å²) in [5.74, 6) is 0. The molecule has 0 saturated carbocycles. The first-order valence-electron chi connectivity index (χ1n) is 5.25. The molecule has 1 fully saturated rings. The van der Waals surface area contributed by atoms with Gasteiger partial charge in [-0.1, -0.05) is 0 Å². The summed E-state index contributed by atoms with van der Waals surface area (Å²) in [7, 11) is 0. The lowest BCUT2D eigenvalue weighted by atomic mass is 10.0. The lowest BCUT2D eigenvalue weighted by molar-refractivity contribution is 0.0207. The van der Waals surface area contributed by atoms with Crippen molar-refractivity contribution in [3.8, 4) is 0 Å². The fourth-order valence-electron chi connectivity index (χ4n) is 1.92. The van der Waals surface area contributed by atoms with Crippen molar-refractivity contribution in [3.05, 3.63) is 24.0 Å². The van der Waals surface area contributed by atoms with Crippen molar-refractivity contribution in [2.45, 2.75) is 31.9 Å². The number of nitrogens with one attached hydrogen (secondary N) is 2. The van der Waals surface area contributed by atoms with E-state index in [9.17, 15) is 0 Å². The van der Waals surface area contributed by atoms with E-state index in [0.717, 1.165) is 19.7 Å². The molecular formula is C11H18N2O. The van der Waals surface area contributed by atoms with Crippen molar-refractivity contribution in [1.29, 1.82) is 0 Å². The second-order valence-electron chi connectivity index (χ2n) is 4.22. The summed E-state index contributed by atoms with van der Waals surface area (Å²) in [5, 5.41) is 3.43. The SMILES string of the molecule is CC1(CNCc2cc[nH]c2)CCCO1. The minimum Gasteiger partial charge on any atom is -0.374 e. The Kier molecular flexibility index (Phi) is 2.89. The lowest BCUT2D eigenvalue weighted by Gasteiger charge is -2.23. The Morgan fingerprint density at radius 3 is 3.21 bits per heavy atom. The number of aromatic amines is 1. The molecule has 14 heavy (non-hydrogen) atoms. The average molecular weight is 194 g/mol. The van der Waals surface area contributed by atoms with Crippen molar-refractivity contribution in [2.24, 2.45) is 0 Å². The molecule has 0 spiro atoms. The van der Waals surface area contributed by atoms with Gasteiger partial charge in [0.15, 0.2) is 0 Å². The minimum atomic E-state index is 0.0658. The highest BCUT2D eigenvalue weighted by Crippen LogP contribution is 2.23. The number of ether oxygens (including phenoxy) is 1. The quantitative estimate of drug-likeness (QED) is 0.765. The topological polar surface area (TPSA) is 37.0 Å². The lowest BCUT2D eigenvalue weighted by Crippen LogP contribution is -2.36. The third-order valence-corrected chi connectivity index (χ3v) is 2.79. The molecule has 0 radical (unpaired) electrons. The molecule has 1 aliphatic heterocycles. The molecule has 1 unspecified atom stereocenters. The van der Waals surface area contributed by atoms with Crippen molar-refractivity contribution >= 4 is 0 Å². The van der Waals surface area contributed by atoms with Crippen LogP contribution in [0.1, 0.15) is 25.3 Å². The maximum absolute atomic E-state index is 5.69. The zero-order chi connectivity index (χ0) is 9.86. The summed E-state index contributed by atoms with van der Waals surface area (Å²) in [5.41, 5.74) is 1.36. The summed E-state index contributed by atoms with van der Waals surface area (Å²) >= 11 is 0. The van der Waals surface area contributed by atoms with Crippen LogP contribution in [0.3, 0.4) is 0 Å². The van der Waals surface area contributed by atoms with E-state index in [2.05, 4.69) is 23.3 Å². The molecular weight excluding hydrogens is 176 g/mol. The van der Waals surface area contributed by atoms with Crippen molar-refractivity contribution in [2.75, 3.05) is 13.2 Å². The monoisotopic (exact) mass is 194 g/mol. The number of rotatable bonds is 4. The van der Waals surface area contributed by atoms with Gasteiger partial charge in [0.1, 0.15) is 0 Å². The summed E-state index contributed by atoms with van der Waals surface area (Å²) in [6.07, 6.45) is 6.34. The van der Waals surface area contributed by atoms with Gasteiger partial charge in [0, 0.05) is 32.1 Å². The average Bonchev–Trinajstić information content (AvgIpc) is 2.77. The van der Waals surface area contributed by atoms with Gasteiger partial charge < -0.3 is 15.0 Å². The van der Waals surface area contributed by atoms with Gasteiger partial charge in [0.25, 0.3) is 0 Å². The van der Waals surface area contributed by atoms with E-state index < -0.39 is 0 Å². The molecule has 0 bridgehead atoms. The molecule has 2 N–H and O–H groups in total. The summed E-state index contributed by atoms with van der Waals surface area (Å²) < 4.78 is 5.69. The molecule has 0 aromatic carbocycles. The van der Waals surface area contributed by atoms with Gasteiger partial charge in [0.05, 0.1) is 5.60 Å². The Bertz CT molecular complexity index is 263. The molecule has 1 aliphatic rings. The normalized spacial score (nSPS) is 26.9. The first kappa shape index (κ1) is 9.74. The predicted octanol–water partition coefficient (Wildman–Crippen LogP) is 1.67. The molecule has 0 aliphatic carbocycles. The van der Waals surface area contributed by atoms with Crippen LogP contribution >= 0.6 is 0 Å². The third kappa shape index (κ3) is 2.36. The predicted molar refractivity (Wildman–Crippen MR) is 56.1 cm³/mol. The Labute approximate surface area is 84.9 Å². The smallest absolute Gasteiger partial charge is 0.0779 e. The zero-order valence-electron chi connectivity index (χ0n) is 8.68. The van der Waals surface area contributed by atoms with Crippen molar-refractivity contribution in [1.82, 2.24) is 10.3 Å². The van der Waals surface area contributed by atoms with Crippen LogP contribution in [0.2, 0.25) is 0 Å². The Morgan fingerprint density at radius 1 is 1.64 bits per heavy atom. The number of hydrogen-bond acceptors (Lipinski definition) is 2. The van der Waals surface area contributed by atoms with Gasteiger partial charge in [-0.05, 0) is 31.4 Å². The standard InChI is InChI=1S/C11H18N2O/c1-11(4-2-6-14-11)9-13-8-10-3-5-12-7-10/h3,5,7,12-13H,2,4,6,8-9H2,1H3. The summed E-state index contributed by atoms with van der Waals surface area (Å²) in [4.78, 5) is 3.05. The Balaban J connectivity index is 1.72. The molecule has 78 valence electrons. The molecule has 2 heterocycles. The molecule has 1 atom stereocenters. The highest BCUT2D eigenvalue weighted by Gasteiger charge is 2.28. The van der Waals surface area contributed by atoms with Crippen LogP contribution in [0, 0.1) is 0 Å². The van der Waals surface area contributed by atoms with Gasteiger partial charge in [-0.25, -0.2) is 0 Å². The molecule has 0 amide bonds. The van der Waals surface area contributed by atoms with E-state index in [1.54, 1.807) is 0 Å². The highest BCUT2D eigenvalue weighted by atomic mass is 16.5. The number of hydrogen-bond donors (Lipinski definition) is 2. The first-order valence-corrected chi connectivity index (χ1v) is 5.25. The third-order valence-electron chi connectivity index (χ3n) is 2.79. The van der Waals surface area contributed by atoms with E-state index in [1.165, 1.54) is 18.4 Å². The van der Waals surface area contributed by atoms with Gasteiger partial charge >= 0.3 is 0 Å². The van der Waals surface area contributed by atoms with Gasteiger partial charge in [0.2, 0.25) is 0 Å². The molecule has 1 saturated heterocycles. The van der Waals surface area contributed by atoms with Crippen LogP contribution in [0.25, 0.3) is 0 Å². The summed E-state index contributed by atoms with van der Waals surface area (Å²) in [6.45, 7) is 4.97. The van der Waals surface area contributed by atoms with Gasteiger partial charge in [-0.2, -0.15) is 0 Å². The van der Waals surface area contributed by atoms with E-state index in [0.29, 0.717) is 0 Å². The number of H-pyrrole nitrogens is 1. The molecule has 1 aromatic rings. The van der Waals surface area contributed by atoms with Crippen molar-refractivity contribution in [3.63, 3.8) is 0 Å². The molecule has 1 aromatic heterocycles. The molecule has 3 heteroatoms. The Morgan fingerprint density at radius 2 is 2.57 bits per heavy atom. The fraction of sp³-hybridized carbons (Fsp3) is 0.636. The van der Waals surface area contributed by atoms with Crippen molar-refractivity contribution < 1.29 is 4.74 Å². The van der Waals surface area contributed by atoms with Crippen LogP contribution in [0.15, 0.2) is 18.5 Å². The van der Waals surface area contributed by atoms with Gasteiger partial charge in [-0.3, -0.25) is 0 Å². The second kappa shape index (κ2) is 4.15. The summed E-state index contributed by atoms with van der Waals surface area (Å²) in [6, 6.07) is 2.09. The molecule has 3 nitrogen and oxygen atoms in total.